The van der Waals surface area contributed by atoms with Gasteiger partial charge in [0.25, 0.3) is 5.91 Å². The van der Waals surface area contributed by atoms with Crippen molar-refractivity contribution in [2.24, 2.45) is 0 Å². The molecule has 2 N–H and O–H groups in total. The minimum atomic E-state index is -0.519. The van der Waals surface area contributed by atoms with Crippen LogP contribution in [0.15, 0.2) is 65.3 Å². The van der Waals surface area contributed by atoms with Gasteiger partial charge in [-0.3, -0.25) is 15.2 Å². The van der Waals surface area contributed by atoms with E-state index in [1.54, 1.807) is 42.5 Å². The van der Waals surface area contributed by atoms with Gasteiger partial charge in [-0.1, -0.05) is 29.8 Å². The molecule has 8 nitrogen and oxygen atoms in total. The molecule has 1 amide bonds. The smallest absolute Gasteiger partial charge is 0.294 e. The Morgan fingerprint density at radius 1 is 1.23 bits per heavy atom. The summed E-state index contributed by atoms with van der Waals surface area (Å²) in [5, 5.41) is 18.8. The van der Waals surface area contributed by atoms with Crippen molar-refractivity contribution in [2.45, 2.75) is 6.61 Å². The van der Waals surface area contributed by atoms with Crippen molar-refractivity contribution >= 4 is 23.5 Å². The number of benzene rings is 2. The number of aromatic amines is 1. The third-order valence-corrected chi connectivity index (χ3v) is 4.48. The van der Waals surface area contributed by atoms with Crippen LogP contribution in [0.25, 0.3) is 11.4 Å². The van der Waals surface area contributed by atoms with E-state index in [0.717, 1.165) is 0 Å². The van der Waals surface area contributed by atoms with Gasteiger partial charge in [0, 0.05) is 11.1 Å². The van der Waals surface area contributed by atoms with E-state index >= 15 is 0 Å². The van der Waals surface area contributed by atoms with Crippen LogP contribution in [0.1, 0.15) is 21.7 Å². The van der Waals surface area contributed by atoms with Gasteiger partial charge >= 0.3 is 0 Å². The third-order valence-electron chi connectivity index (χ3n) is 4.15. The van der Waals surface area contributed by atoms with Crippen molar-refractivity contribution in [3.63, 3.8) is 0 Å². The molecule has 4 rings (SSSR count). The van der Waals surface area contributed by atoms with E-state index in [0.29, 0.717) is 33.3 Å². The van der Waals surface area contributed by atoms with Gasteiger partial charge in [-0.2, -0.15) is 10.2 Å². The SMILES string of the molecule is N#Cc1cccc(OCc2ccoc2C(=O)Nc2n[nH]c(-c3ccccc3Cl)n2)c1. The molecule has 0 saturated carbocycles. The molecule has 148 valence electrons. The Balaban J connectivity index is 1.45. The fourth-order valence-electron chi connectivity index (χ4n) is 2.71. The van der Waals surface area contributed by atoms with Crippen LogP contribution in [0.2, 0.25) is 5.02 Å². The van der Waals surface area contributed by atoms with Crippen molar-refractivity contribution in [3.05, 3.63) is 82.8 Å². The predicted molar refractivity (Wildman–Crippen MR) is 109 cm³/mol. The molecule has 0 atom stereocenters. The number of hydrogen-bond acceptors (Lipinski definition) is 6. The summed E-state index contributed by atoms with van der Waals surface area (Å²) in [5.41, 5.74) is 1.69. The van der Waals surface area contributed by atoms with E-state index in [9.17, 15) is 4.79 Å². The number of anilines is 1. The zero-order chi connectivity index (χ0) is 20.9. The molecule has 4 aromatic rings. The van der Waals surface area contributed by atoms with Gasteiger partial charge in [0.05, 0.1) is 22.9 Å². The van der Waals surface area contributed by atoms with Gasteiger partial charge in [0.1, 0.15) is 12.4 Å². The molecule has 30 heavy (non-hydrogen) atoms. The van der Waals surface area contributed by atoms with Gasteiger partial charge in [-0.05, 0) is 36.4 Å². The number of rotatable bonds is 6. The van der Waals surface area contributed by atoms with Gasteiger partial charge in [0.2, 0.25) is 5.95 Å². The van der Waals surface area contributed by atoms with Gasteiger partial charge < -0.3 is 9.15 Å². The summed E-state index contributed by atoms with van der Waals surface area (Å²) in [5.74, 6) is 0.584. The van der Waals surface area contributed by atoms with Crippen LogP contribution in [0.4, 0.5) is 5.95 Å². The van der Waals surface area contributed by atoms with Crippen LogP contribution >= 0.6 is 11.6 Å². The van der Waals surface area contributed by atoms with Crippen molar-refractivity contribution in [2.75, 3.05) is 5.32 Å². The quantitative estimate of drug-likeness (QED) is 0.477. The molecular formula is C21H14ClN5O3. The molecule has 2 aromatic heterocycles. The number of halogens is 1. The molecule has 0 aliphatic heterocycles. The van der Waals surface area contributed by atoms with Crippen molar-refractivity contribution in [3.8, 4) is 23.2 Å². The van der Waals surface area contributed by atoms with Crippen molar-refractivity contribution in [1.82, 2.24) is 15.2 Å². The Labute approximate surface area is 176 Å². The minimum Gasteiger partial charge on any atom is -0.489 e. The maximum Gasteiger partial charge on any atom is 0.294 e. The van der Waals surface area contributed by atoms with Crippen LogP contribution in [0.5, 0.6) is 5.75 Å². The second-order valence-corrected chi connectivity index (χ2v) is 6.55. The Bertz CT molecular complexity index is 1240. The molecule has 2 aromatic carbocycles. The number of amides is 1. The maximum absolute atomic E-state index is 12.6. The lowest BCUT2D eigenvalue weighted by molar-refractivity contribution is 0.0992. The monoisotopic (exact) mass is 419 g/mol. The van der Waals surface area contributed by atoms with Gasteiger partial charge in [0.15, 0.2) is 11.6 Å². The average molecular weight is 420 g/mol. The largest absolute Gasteiger partial charge is 0.489 e. The third kappa shape index (κ3) is 4.16. The number of nitriles is 1. The molecule has 0 unspecified atom stereocenters. The minimum absolute atomic E-state index is 0.0792. The normalized spacial score (nSPS) is 10.4. The number of furan rings is 1. The van der Waals surface area contributed by atoms with E-state index in [4.69, 9.17) is 26.0 Å². The lowest BCUT2D eigenvalue weighted by Gasteiger charge is -2.06. The van der Waals surface area contributed by atoms with Crippen LogP contribution in [-0.2, 0) is 6.61 Å². The first kappa shape index (κ1) is 19.2. The standard InChI is InChI=1S/C21H14ClN5O3/c22-17-7-2-1-6-16(17)19-24-21(27-26-19)25-20(28)18-14(8-9-29-18)12-30-15-5-3-4-13(10-15)11-23/h1-10H,12H2,(H2,24,25,26,27,28). The Hall–Kier alpha value is -4.09. The second kappa shape index (κ2) is 8.51. The molecule has 2 heterocycles. The van der Waals surface area contributed by atoms with Gasteiger partial charge in [-0.25, -0.2) is 0 Å². The van der Waals surface area contributed by atoms with E-state index < -0.39 is 5.91 Å². The Morgan fingerprint density at radius 3 is 2.93 bits per heavy atom. The number of ether oxygens (including phenoxy) is 1. The first-order valence-electron chi connectivity index (χ1n) is 8.82. The molecule has 0 fully saturated rings. The molecule has 0 saturated heterocycles. The van der Waals surface area contributed by atoms with Crippen LogP contribution in [0.3, 0.4) is 0 Å². The Morgan fingerprint density at radius 2 is 2.10 bits per heavy atom. The van der Waals surface area contributed by atoms with Crippen LogP contribution < -0.4 is 10.1 Å². The molecule has 0 bridgehead atoms. The molecule has 9 heteroatoms. The lowest BCUT2D eigenvalue weighted by Crippen LogP contribution is -2.14. The summed E-state index contributed by atoms with van der Waals surface area (Å²) in [6.07, 6.45) is 1.40. The van der Waals surface area contributed by atoms with E-state index in [1.165, 1.54) is 6.26 Å². The fourth-order valence-corrected chi connectivity index (χ4v) is 2.94. The highest BCUT2D eigenvalue weighted by molar-refractivity contribution is 6.33. The molecule has 0 radical (unpaired) electrons. The number of aromatic nitrogens is 3. The van der Waals surface area contributed by atoms with E-state index in [1.807, 2.05) is 18.2 Å². The lowest BCUT2D eigenvalue weighted by atomic mass is 10.2. The number of H-pyrrole nitrogens is 1. The highest BCUT2D eigenvalue weighted by Crippen LogP contribution is 2.25. The summed E-state index contributed by atoms with van der Waals surface area (Å²) in [7, 11) is 0. The summed E-state index contributed by atoms with van der Waals surface area (Å²) in [6, 6.07) is 17.6. The number of nitrogens with zero attached hydrogens (tertiary/aromatic N) is 3. The number of carbonyl (C=O) groups excluding carboxylic acids is 1. The average Bonchev–Trinajstić information content (AvgIpc) is 3.42. The number of nitrogens with one attached hydrogen (secondary N) is 2. The predicted octanol–water partition coefficient (Wildman–Crippen LogP) is 4.42. The Kier molecular flexibility index (Phi) is 5.46. The van der Waals surface area contributed by atoms with Crippen molar-refractivity contribution in [1.29, 1.82) is 5.26 Å². The highest BCUT2D eigenvalue weighted by Gasteiger charge is 2.18. The molecular weight excluding hydrogens is 406 g/mol. The summed E-state index contributed by atoms with van der Waals surface area (Å²) in [6.45, 7) is 0.0903. The molecule has 0 aliphatic rings. The van der Waals surface area contributed by atoms with E-state index in [-0.39, 0.29) is 18.3 Å². The summed E-state index contributed by atoms with van der Waals surface area (Å²) in [4.78, 5) is 16.8. The first-order chi connectivity index (χ1) is 14.6. The summed E-state index contributed by atoms with van der Waals surface area (Å²) >= 11 is 6.16. The zero-order valence-corrected chi connectivity index (χ0v) is 16.2. The van der Waals surface area contributed by atoms with Crippen LogP contribution in [0, 0.1) is 11.3 Å². The highest BCUT2D eigenvalue weighted by atomic mass is 35.5. The van der Waals surface area contributed by atoms with Crippen molar-refractivity contribution < 1.29 is 13.9 Å². The molecule has 0 aliphatic carbocycles. The van der Waals surface area contributed by atoms with Crippen LogP contribution in [-0.4, -0.2) is 21.1 Å². The van der Waals surface area contributed by atoms with Gasteiger partial charge in [-0.15, -0.1) is 5.10 Å². The fraction of sp³-hybridized carbons (Fsp3) is 0.0476. The zero-order valence-electron chi connectivity index (χ0n) is 15.4. The summed E-state index contributed by atoms with van der Waals surface area (Å²) < 4.78 is 11.0. The van der Waals surface area contributed by atoms with E-state index in [2.05, 4.69) is 20.5 Å². The topological polar surface area (TPSA) is 117 Å². The molecule has 0 spiro atoms. The number of hydrogen-bond donors (Lipinski definition) is 2. The number of carbonyl (C=O) groups is 1. The maximum atomic E-state index is 12.6. The first-order valence-corrected chi connectivity index (χ1v) is 9.20. The second-order valence-electron chi connectivity index (χ2n) is 6.14.